The van der Waals surface area contributed by atoms with Crippen molar-refractivity contribution in [3.8, 4) is 0 Å². The predicted octanol–water partition coefficient (Wildman–Crippen LogP) is 3.55. The number of hydrogen-bond acceptors (Lipinski definition) is 3. The Labute approximate surface area is 121 Å². The van der Waals surface area contributed by atoms with E-state index in [0.29, 0.717) is 12.0 Å². The lowest BCUT2D eigenvalue weighted by molar-refractivity contribution is -0.385. The van der Waals surface area contributed by atoms with Crippen molar-refractivity contribution in [2.45, 2.75) is 6.42 Å². The average molecular weight is 283 g/mol. The van der Waals surface area contributed by atoms with Gasteiger partial charge >= 0.3 is 5.97 Å². The van der Waals surface area contributed by atoms with Crippen LogP contribution in [-0.2, 0) is 6.42 Å². The normalized spacial score (nSPS) is 10.7. The number of nitro benzene ring substituents is 1. The lowest BCUT2D eigenvalue weighted by Crippen LogP contribution is -2.02. The van der Waals surface area contributed by atoms with Crippen LogP contribution in [0.25, 0.3) is 6.08 Å². The van der Waals surface area contributed by atoms with Crippen molar-refractivity contribution in [3.63, 3.8) is 0 Å². The van der Waals surface area contributed by atoms with Crippen LogP contribution < -0.4 is 0 Å². The first-order valence-electron chi connectivity index (χ1n) is 6.30. The minimum absolute atomic E-state index is 0.305. The van der Waals surface area contributed by atoms with Crippen LogP contribution in [0, 0.1) is 10.1 Å². The third kappa shape index (κ3) is 3.76. The van der Waals surface area contributed by atoms with Crippen LogP contribution in [-0.4, -0.2) is 16.0 Å². The molecule has 0 aliphatic rings. The van der Waals surface area contributed by atoms with Crippen LogP contribution in [0.4, 0.5) is 5.69 Å². The first-order valence-corrected chi connectivity index (χ1v) is 6.30. The van der Waals surface area contributed by atoms with Gasteiger partial charge in [0.15, 0.2) is 0 Å². The fourth-order valence-electron chi connectivity index (χ4n) is 1.93. The van der Waals surface area contributed by atoms with E-state index in [1.807, 2.05) is 36.4 Å². The summed E-state index contributed by atoms with van der Waals surface area (Å²) >= 11 is 0. The highest BCUT2D eigenvalue weighted by Gasteiger charge is 2.19. The number of aromatic carboxylic acids is 1. The van der Waals surface area contributed by atoms with Crippen molar-refractivity contribution >= 4 is 17.7 Å². The molecule has 5 heteroatoms. The van der Waals surface area contributed by atoms with Crippen LogP contribution in [0.5, 0.6) is 0 Å². The van der Waals surface area contributed by atoms with E-state index in [2.05, 4.69) is 0 Å². The zero-order valence-corrected chi connectivity index (χ0v) is 11.1. The molecular formula is C16H13NO4. The molecule has 0 heterocycles. The van der Waals surface area contributed by atoms with Gasteiger partial charge in [0, 0.05) is 6.07 Å². The predicted molar refractivity (Wildman–Crippen MR) is 79.2 cm³/mol. The molecule has 0 saturated carbocycles. The molecule has 2 aromatic rings. The second kappa shape index (κ2) is 6.47. The third-order valence-electron chi connectivity index (χ3n) is 2.96. The van der Waals surface area contributed by atoms with E-state index >= 15 is 0 Å². The molecule has 0 fully saturated rings. The van der Waals surface area contributed by atoms with Crippen LogP contribution in [0.2, 0.25) is 0 Å². The topological polar surface area (TPSA) is 80.4 Å². The third-order valence-corrected chi connectivity index (χ3v) is 2.96. The van der Waals surface area contributed by atoms with Crippen molar-refractivity contribution in [2.24, 2.45) is 0 Å². The minimum Gasteiger partial charge on any atom is -0.477 e. The number of nitrogens with zero attached hydrogens (tertiary/aromatic N) is 1. The molecule has 0 aliphatic carbocycles. The van der Waals surface area contributed by atoms with Gasteiger partial charge in [-0.1, -0.05) is 48.6 Å². The van der Waals surface area contributed by atoms with Crippen LogP contribution in [0.15, 0.2) is 54.6 Å². The van der Waals surface area contributed by atoms with Crippen molar-refractivity contribution in [2.75, 3.05) is 0 Å². The maximum absolute atomic E-state index is 10.9. The van der Waals surface area contributed by atoms with Gasteiger partial charge in [0.1, 0.15) is 5.56 Å². The quantitative estimate of drug-likeness (QED) is 0.672. The number of allylic oxidation sites excluding steroid dienone is 1. The van der Waals surface area contributed by atoms with Gasteiger partial charge in [-0.15, -0.1) is 0 Å². The van der Waals surface area contributed by atoms with Gasteiger partial charge in [0.2, 0.25) is 0 Å². The van der Waals surface area contributed by atoms with Crippen molar-refractivity contribution in [3.05, 3.63) is 81.4 Å². The minimum atomic E-state index is -1.30. The smallest absolute Gasteiger partial charge is 0.342 e. The Morgan fingerprint density at radius 1 is 1.19 bits per heavy atom. The van der Waals surface area contributed by atoms with E-state index < -0.39 is 16.6 Å². The van der Waals surface area contributed by atoms with Crippen LogP contribution in [0.1, 0.15) is 21.5 Å². The molecule has 0 radical (unpaired) electrons. The van der Waals surface area contributed by atoms with E-state index in [-0.39, 0.29) is 5.56 Å². The first-order chi connectivity index (χ1) is 10.1. The number of hydrogen-bond donors (Lipinski definition) is 1. The largest absolute Gasteiger partial charge is 0.477 e. The summed E-state index contributed by atoms with van der Waals surface area (Å²) in [4.78, 5) is 21.1. The number of carbonyl (C=O) groups is 1. The zero-order chi connectivity index (χ0) is 15.2. The molecule has 21 heavy (non-hydrogen) atoms. The number of carboxylic acid groups (broad SMARTS) is 1. The van der Waals surface area contributed by atoms with Gasteiger partial charge in [-0.25, -0.2) is 4.79 Å². The summed E-state index contributed by atoms with van der Waals surface area (Å²) in [6, 6.07) is 13.9. The van der Waals surface area contributed by atoms with Crippen LogP contribution in [0.3, 0.4) is 0 Å². The van der Waals surface area contributed by atoms with Gasteiger partial charge in [-0.2, -0.15) is 0 Å². The zero-order valence-electron chi connectivity index (χ0n) is 11.1. The highest BCUT2D eigenvalue weighted by atomic mass is 16.6. The maximum atomic E-state index is 10.9. The van der Waals surface area contributed by atoms with E-state index in [0.717, 1.165) is 5.56 Å². The van der Waals surface area contributed by atoms with Crippen molar-refractivity contribution in [1.82, 2.24) is 0 Å². The molecule has 1 N–H and O–H groups in total. The Kier molecular flexibility index (Phi) is 4.46. The maximum Gasteiger partial charge on any atom is 0.342 e. The second-order valence-electron chi connectivity index (χ2n) is 4.43. The van der Waals surface area contributed by atoms with Crippen LogP contribution >= 0.6 is 0 Å². The number of carboxylic acids is 1. The summed E-state index contributed by atoms with van der Waals surface area (Å²) in [5.74, 6) is -1.30. The van der Waals surface area contributed by atoms with Gasteiger partial charge in [0.05, 0.1) is 4.92 Å². The molecule has 0 atom stereocenters. The molecule has 0 amide bonds. The number of benzene rings is 2. The summed E-state index contributed by atoms with van der Waals surface area (Å²) in [6.07, 6.45) is 4.33. The Hall–Kier alpha value is -2.95. The van der Waals surface area contributed by atoms with E-state index in [1.165, 1.54) is 12.1 Å². The Morgan fingerprint density at radius 3 is 2.52 bits per heavy atom. The van der Waals surface area contributed by atoms with Gasteiger partial charge in [-0.05, 0) is 23.6 Å². The molecule has 0 saturated heterocycles. The lowest BCUT2D eigenvalue weighted by atomic mass is 10.1. The molecule has 0 unspecified atom stereocenters. The van der Waals surface area contributed by atoms with Crippen molar-refractivity contribution < 1.29 is 14.8 Å². The highest BCUT2D eigenvalue weighted by molar-refractivity contribution is 5.92. The molecular weight excluding hydrogens is 270 g/mol. The highest BCUT2D eigenvalue weighted by Crippen LogP contribution is 2.21. The Bertz CT molecular complexity index is 693. The molecule has 0 spiro atoms. The average Bonchev–Trinajstić information content (AvgIpc) is 2.48. The Morgan fingerprint density at radius 2 is 1.90 bits per heavy atom. The molecule has 106 valence electrons. The molecule has 2 rings (SSSR count). The van der Waals surface area contributed by atoms with E-state index in [4.69, 9.17) is 5.11 Å². The fourth-order valence-corrected chi connectivity index (χ4v) is 1.93. The fraction of sp³-hybridized carbons (Fsp3) is 0.0625. The summed E-state index contributed by atoms with van der Waals surface area (Å²) in [5.41, 5.74) is 1.03. The number of rotatable bonds is 5. The molecule has 0 bridgehead atoms. The molecule has 2 aromatic carbocycles. The Balaban J connectivity index is 2.19. The SMILES string of the molecule is O=C(O)c1ccc(C=CCc2ccccc2)cc1[N+](=O)[O-]. The van der Waals surface area contributed by atoms with E-state index in [1.54, 1.807) is 12.1 Å². The number of nitro groups is 1. The first kappa shape index (κ1) is 14.5. The monoisotopic (exact) mass is 283 g/mol. The van der Waals surface area contributed by atoms with E-state index in [9.17, 15) is 14.9 Å². The summed E-state index contributed by atoms with van der Waals surface area (Å²) in [5, 5.41) is 19.8. The van der Waals surface area contributed by atoms with Gasteiger partial charge in [-0.3, -0.25) is 10.1 Å². The molecule has 0 aromatic heterocycles. The summed E-state index contributed by atoms with van der Waals surface area (Å²) in [6.45, 7) is 0. The molecule has 5 nitrogen and oxygen atoms in total. The standard InChI is InChI=1S/C16H13NO4/c18-16(19)14-10-9-13(11-15(14)17(20)21)8-4-7-12-5-2-1-3-6-12/h1-6,8-11H,7H2,(H,18,19). The summed E-state index contributed by atoms with van der Waals surface area (Å²) < 4.78 is 0. The van der Waals surface area contributed by atoms with Gasteiger partial charge in [0.25, 0.3) is 5.69 Å². The lowest BCUT2D eigenvalue weighted by Gasteiger charge is -2.00. The molecule has 0 aliphatic heterocycles. The second-order valence-corrected chi connectivity index (χ2v) is 4.43. The van der Waals surface area contributed by atoms with Crippen molar-refractivity contribution in [1.29, 1.82) is 0 Å². The van der Waals surface area contributed by atoms with Gasteiger partial charge < -0.3 is 5.11 Å². The summed E-state index contributed by atoms with van der Waals surface area (Å²) in [7, 11) is 0.